The number of sulfonamides is 1. The highest BCUT2D eigenvalue weighted by molar-refractivity contribution is 9.10. The molecule has 0 heterocycles. The van der Waals surface area contributed by atoms with E-state index in [0.29, 0.717) is 28.5 Å². The van der Waals surface area contributed by atoms with Gasteiger partial charge >= 0.3 is 0 Å². The maximum absolute atomic E-state index is 12.6. The Morgan fingerprint density at radius 1 is 1.30 bits per heavy atom. The number of hydrogen-bond donors (Lipinski definition) is 1. The second-order valence-corrected chi connectivity index (χ2v) is 7.77. The van der Waals surface area contributed by atoms with Crippen molar-refractivity contribution in [1.82, 2.24) is 9.62 Å². The largest absolute Gasteiger partial charge is 0.310 e. The molecular formula is C14H21BrN2O2S. The topological polar surface area (TPSA) is 49.4 Å². The molecule has 4 nitrogen and oxygen atoms in total. The van der Waals surface area contributed by atoms with Gasteiger partial charge in [-0.15, -0.1) is 0 Å². The molecular weight excluding hydrogens is 340 g/mol. The molecule has 1 aromatic carbocycles. The molecule has 1 aromatic rings. The zero-order valence-electron chi connectivity index (χ0n) is 11.9. The lowest BCUT2D eigenvalue weighted by molar-refractivity contribution is 0.445. The lowest BCUT2D eigenvalue weighted by Crippen LogP contribution is -2.31. The maximum Gasteiger partial charge on any atom is 0.244 e. The Balaban J connectivity index is 2.26. The van der Waals surface area contributed by atoms with Gasteiger partial charge in [0, 0.05) is 30.1 Å². The molecule has 6 heteroatoms. The smallest absolute Gasteiger partial charge is 0.244 e. The molecule has 0 bridgehead atoms. The predicted molar refractivity (Wildman–Crippen MR) is 84.1 cm³/mol. The zero-order valence-corrected chi connectivity index (χ0v) is 14.3. The lowest BCUT2D eigenvalue weighted by atomic mass is 10.2. The minimum absolute atomic E-state index is 0.358. The first-order valence-corrected chi connectivity index (χ1v) is 9.24. The third-order valence-corrected chi connectivity index (χ3v) is 6.53. The number of rotatable bonds is 7. The van der Waals surface area contributed by atoms with E-state index in [2.05, 4.69) is 21.2 Å². The summed E-state index contributed by atoms with van der Waals surface area (Å²) < 4.78 is 27.3. The van der Waals surface area contributed by atoms with Crippen LogP contribution in [0.3, 0.4) is 0 Å². The Bertz CT molecular complexity index is 567. The van der Waals surface area contributed by atoms with Crippen LogP contribution >= 0.6 is 15.9 Å². The number of halogens is 1. The summed E-state index contributed by atoms with van der Waals surface area (Å²) in [6, 6.07) is 6.16. The molecule has 0 amide bonds. The van der Waals surface area contributed by atoms with Gasteiger partial charge in [-0.05, 0) is 46.5 Å². The van der Waals surface area contributed by atoms with Crippen LogP contribution in [0, 0.1) is 0 Å². The molecule has 0 atom stereocenters. The van der Waals surface area contributed by atoms with E-state index in [1.807, 2.05) is 26.0 Å². The van der Waals surface area contributed by atoms with Crippen molar-refractivity contribution >= 4 is 26.0 Å². The molecule has 2 rings (SSSR count). The van der Waals surface area contributed by atoms with E-state index in [0.717, 1.165) is 12.1 Å². The van der Waals surface area contributed by atoms with Crippen molar-refractivity contribution in [2.24, 2.45) is 0 Å². The van der Waals surface area contributed by atoms with Crippen molar-refractivity contribution in [2.45, 2.75) is 44.2 Å². The number of nitrogens with one attached hydrogen (secondary N) is 1. The molecule has 1 fully saturated rings. The van der Waals surface area contributed by atoms with E-state index in [-0.39, 0.29) is 0 Å². The van der Waals surface area contributed by atoms with Gasteiger partial charge in [0.2, 0.25) is 10.0 Å². The van der Waals surface area contributed by atoms with E-state index in [1.54, 1.807) is 6.07 Å². The molecule has 112 valence electrons. The molecule has 0 aliphatic heterocycles. The average Bonchev–Trinajstić information content (AvgIpc) is 3.22. The molecule has 1 aliphatic carbocycles. The summed E-state index contributed by atoms with van der Waals surface area (Å²) in [6.45, 7) is 5.39. The molecule has 20 heavy (non-hydrogen) atoms. The molecule has 0 spiro atoms. The van der Waals surface area contributed by atoms with Gasteiger partial charge in [-0.1, -0.05) is 19.9 Å². The van der Waals surface area contributed by atoms with Crippen LogP contribution in [-0.2, 0) is 16.6 Å². The van der Waals surface area contributed by atoms with E-state index < -0.39 is 10.0 Å². The van der Waals surface area contributed by atoms with Gasteiger partial charge < -0.3 is 5.32 Å². The highest BCUT2D eigenvalue weighted by Gasteiger charge is 2.25. The highest BCUT2D eigenvalue weighted by atomic mass is 79.9. The van der Waals surface area contributed by atoms with Crippen molar-refractivity contribution in [1.29, 1.82) is 0 Å². The van der Waals surface area contributed by atoms with E-state index in [9.17, 15) is 8.42 Å². The minimum atomic E-state index is -3.42. The van der Waals surface area contributed by atoms with Gasteiger partial charge in [0.1, 0.15) is 0 Å². The summed E-state index contributed by atoms with van der Waals surface area (Å²) in [6.07, 6.45) is 2.45. The summed E-state index contributed by atoms with van der Waals surface area (Å²) in [4.78, 5) is 0.358. The summed E-state index contributed by atoms with van der Waals surface area (Å²) in [5.74, 6) is 0. The third kappa shape index (κ3) is 3.61. The zero-order chi connectivity index (χ0) is 14.8. The van der Waals surface area contributed by atoms with Crippen LogP contribution in [0.2, 0.25) is 0 Å². The molecule has 0 saturated heterocycles. The van der Waals surface area contributed by atoms with Gasteiger partial charge in [-0.25, -0.2) is 8.42 Å². The summed E-state index contributed by atoms with van der Waals surface area (Å²) in [5, 5.41) is 3.40. The minimum Gasteiger partial charge on any atom is -0.310 e. The first kappa shape index (κ1) is 15.9. The van der Waals surface area contributed by atoms with Gasteiger partial charge in [-0.2, -0.15) is 4.31 Å². The Labute approximate surface area is 129 Å². The quantitative estimate of drug-likeness (QED) is 0.813. The van der Waals surface area contributed by atoms with Crippen molar-refractivity contribution in [3.8, 4) is 0 Å². The van der Waals surface area contributed by atoms with Gasteiger partial charge in [0.15, 0.2) is 0 Å². The summed E-state index contributed by atoms with van der Waals surface area (Å²) >= 11 is 3.36. The number of hydrogen-bond acceptors (Lipinski definition) is 3. The fourth-order valence-corrected chi connectivity index (χ4v) is 4.54. The van der Waals surface area contributed by atoms with E-state index in [1.165, 1.54) is 17.1 Å². The Hall–Kier alpha value is -0.430. The SMILES string of the molecule is CCN(CC)S(=O)(=O)c1cc(CNC2CC2)ccc1Br. The van der Waals surface area contributed by atoms with Crippen molar-refractivity contribution in [2.75, 3.05) is 13.1 Å². The maximum atomic E-state index is 12.6. The molecule has 0 aromatic heterocycles. The van der Waals surface area contributed by atoms with Crippen molar-refractivity contribution < 1.29 is 8.42 Å². The number of benzene rings is 1. The molecule has 0 radical (unpaired) electrons. The number of nitrogens with zero attached hydrogens (tertiary/aromatic N) is 1. The van der Waals surface area contributed by atoms with E-state index in [4.69, 9.17) is 0 Å². The Morgan fingerprint density at radius 3 is 2.50 bits per heavy atom. The monoisotopic (exact) mass is 360 g/mol. The van der Waals surface area contributed by atoms with Crippen molar-refractivity contribution in [3.63, 3.8) is 0 Å². The molecule has 1 aliphatic rings. The van der Waals surface area contributed by atoms with Crippen LogP contribution in [0.15, 0.2) is 27.6 Å². The molecule has 1 saturated carbocycles. The Morgan fingerprint density at radius 2 is 1.95 bits per heavy atom. The van der Waals surface area contributed by atoms with Crippen LogP contribution in [0.5, 0.6) is 0 Å². The van der Waals surface area contributed by atoms with Crippen molar-refractivity contribution in [3.05, 3.63) is 28.2 Å². The fourth-order valence-electron chi connectivity index (χ4n) is 2.11. The fraction of sp³-hybridized carbons (Fsp3) is 0.571. The summed E-state index contributed by atoms with van der Waals surface area (Å²) in [5.41, 5.74) is 1.01. The summed E-state index contributed by atoms with van der Waals surface area (Å²) in [7, 11) is -3.42. The van der Waals surface area contributed by atoms with Crippen LogP contribution in [0.4, 0.5) is 0 Å². The highest BCUT2D eigenvalue weighted by Crippen LogP contribution is 2.27. The van der Waals surface area contributed by atoms with Crippen LogP contribution in [0.25, 0.3) is 0 Å². The molecule has 0 unspecified atom stereocenters. The van der Waals surface area contributed by atoms with E-state index >= 15 is 0 Å². The van der Waals surface area contributed by atoms with Crippen LogP contribution < -0.4 is 5.32 Å². The predicted octanol–water partition coefficient (Wildman–Crippen LogP) is 2.73. The standard InChI is InChI=1S/C14H21BrN2O2S/c1-3-17(4-2)20(18,19)14-9-11(5-8-13(14)15)10-16-12-6-7-12/h5,8-9,12,16H,3-4,6-7,10H2,1-2H3. The normalized spacial score (nSPS) is 15.8. The molecule has 1 N–H and O–H groups in total. The average molecular weight is 361 g/mol. The van der Waals surface area contributed by atoms with Gasteiger partial charge in [0.25, 0.3) is 0 Å². The van der Waals surface area contributed by atoms with Crippen LogP contribution in [0.1, 0.15) is 32.3 Å². The second-order valence-electron chi connectivity index (χ2n) is 5.01. The third-order valence-electron chi connectivity index (χ3n) is 3.49. The van der Waals surface area contributed by atoms with Crippen LogP contribution in [-0.4, -0.2) is 31.9 Å². The lowest BCUT2D eigenvalue weighted by Gasteiger charge is -2.20. The first-order valence-electron chi connectivity index (χ1n) is 7.01. The Kier molecular flexibility index (Phi) is 5.23. The first-order chi connectivity index (χ1) is 9.48. The van der Waals surface area contributed by atoms with Gasteiger partial charge in [-0.3, -0.25) is 0 Å². The van der Waals surface area contributed by atoms with Gasteiger partial charge in [0.05, 0.1) is 4.90 Å². The second kappa shape index (κ2) is 6.56.